The first kappa shape index (κ1) is 14.8. The Labute approximate surface area is 131 Å². The number of carbonyl (C=O) groups excluding carboxylic acids is 1. The van der Waals surface area contributed by atoms with E-state index in [2.05, 4.69) is 15.3 Å². The number of carbonyl (C=O) groups is 1. The summed E-state index contributed by atoms with van der Waals surface area (Å²) >= 11 is 0. The van der Waals surface area contributed by atoms with Gasteiger partial charge in [-0.25, -0.2) is 4.98 Å². The van der Waals surface area contributed by atoms with Gasteiger partial charge in [-0.15, -0.1) is 0 Å². The summed E-state index contributed by atoms with van der Waals surface area (Å²) < 4.78 is 10.8. The highest BCUT2D eigenvalue weighted by atomic mass is 16.5. The molecule has 3 rings (SSSR count). The Kier molecular flexibility index (Phi) is 3.84. The molecule has 3 aromatic rings. The number of aromatic nitrogens is 2. The van der Waals surface area contributed by atoms with Gasteiger partial charge in [0.25, 0.3) is 11.5 Å². The molecule has 0 aliphatic heterocycles. The lowest BCUT2D eigenvalue weighted by Crippen LogP contribution is -2.24. The van der Waals surface area contributed by atoms with E-state index in [0.29, 0.717) is 17.0 Å². The number of ether oxygens (including phenoxy) is 1. The van der Waals surface area contributed by atoms with Crippen LogP contribution in [0.15, 0.2) is 39.8 Å². The largest absolute Gasteiger partial charge is 0.497 e. The number of amides is 1. The maximum Gasteiger partial charge on any atom is 0.287 e. The van der Waals surface area contributed by atoms with Crippen LogP contribution in [0.25, 0.3) is 11.0 Å². The minimum atomic E-state index is -0.361. The molecular weight excluding hydrogens is 298 g/mol. The van der Waals surface area contributed by atoms with E-state index >= 15 is 0 Å². The zero-order valence-electron chi connectivity index (χ0n) is 12.7. The van der Waals surface area contributed by atoms with Crippen molar-refractivity contribution in [3.8, 4) is 5.75 Å². The third-order valence-corrected chi connectivity index (χ3v) is 3.52. The lowest BCUT2D eigenvalue weighted by Gasteiger charge is -2.02. The summed E-state index contributed by atoms with van der Waals surface area (Å²) in [6.45, 7) is 1.96. The fourth-order valence-corrected chi connectivity index (χ4v) is 2.31. The topological polar surface area (TPSA) is 97.2 Å². The quantitative estimate of drug-likeness (QED) is 0.765. The van der Waals surface area contributed by atoms with Crippen LogP contribution in [0.5, 0.6) is 5.75 Å². The number of rotatable bonds is 4. The van der Waals surface area contributed by atoms with Crippen LogP contribution < -0.4 is 15.6 Å². The summed E-state index contributed by atoms with van der Waals surface area (Å²) in [5.74, 6) is 0.531. The number of benzene rings is 1. The highest BCUT2D eigenvalue weighted by Crippen LogP contribution is 2.28. The predicted molar refractivity (Wildman–Crippen MR) is 83.5 cm³/mol. The molecule has 0 bridgehead atoms. The molecule has 0 fully saturated rings. The van der Waals surface area contributed by atoms with Gasteiger partial charge in [-0.05, 0) is 19.1 Å². The Morgan fingerprint density at radius 3 is 2.96 bits per heavy atom. The number of methoxy groups -OCH3 is 1. The van der Waals surface area contributed by atoms with Crippen molar-refractivity contribution in [3.05, 3.63) is 58.0 Å². The van der Waals surface area contributed by atoms with Crippen LogP contribution in [0.2, 0.25) is 0 Å². The fourth-order valence-electron chi connectivity index (χ4n) is 2.31. The van der Waals surface area contributed by atoms with Crippen LogP contribution in [0.1, 0.15) is 21.8 Å². The van der Waals surface area contributed by atoms with E-state index in [4.69, 9.17) is 9.15 Å². The van der Waals surface area contributed by atoms with Crippen LogP contribution in [0, 0.1) is 6.92 Å². The van der Waals surface area contributed by atoms with Crippen LogP contribution in [-0.4, -0.2) is 23.0 Å². The Morgan fingerprint density at radius 2 is 2.22 bits per heavy atom. The highest BCUT2D eigenvalue weighted by Gasteiger charge is 2.18. The van der Waals surface area contributed by atoms with Crippen LogP contribution in [0.3, 0.4) is 0 Å². The maximum atomic E-state index is 12.3. The predicted octanol–water partition coefficient (Wildman–Crippen LogP) is 1.76. The Balaban J connectivity index is 1.83. The first-order valence-electron chi connectivity index (χ1n) is 6.97. The Hall–Kier alpha value is -3.09. The van der Waals surface area contributed by atoms with Gasteiger partial charge in [-0.2, -0.15) is 0 Å². The number of nitrogens with zero attached hydrogens (tertiary/aromatic N) is 1. The molecule has 7 nitrogen and oxygen atoms in total. The van der Waals surface area contributed by atoms with E-state index in [-0.39, 0.29) is 23.8 Å². The number of fused-ring (bicyclic) bond motifs is 1. The lowest BCUT2D eigenvalue weighted by molar-refractivity contribution is 0.0924. The standard InChI is InChI=1S/C16H15N3O4/c1-9-12-4-3-11(22-2)6-13(12)23-15(9)16(21)17-7-10-5-14(20)19-8-18-10/h3-6,8H,7H2,1-2H3,(H,17,21)(H,18,19,20). The summed E-state index contributed by atoms with van der Waals surface area (Å²) in [5.41, 5.74) is 1.54. The smallest absolute Gasteiger partial charge is 0.287 e. The number of nitrogens with one attached hydrogen (secondary N) is 2. The average molecular weight is 313 g/mol. The number of hydrogen-bond donors (Lipinski definition) is 2. The molecule has 2 heterocycles. The van der Waals surface area contributed by atoms with E-state index in [0.717, 1.165) is 10.9 Å². The molecule has 0 radical (unpaired) electrons. The van der Waals surface area contributed by atoms with Crippen molar-refractivity contribution in [3.63, 3.8) is 0 Å². The molecule has 23 heavy (non-hydrogen) atoms. The minimum absolute atomic E-state index is 0.141. The van der Waals surface area contributed by atoms with Gasteiger partial charge in [-0.3, -0.25) is 9.59 Å². The van der Waals surface area contributed by atoms with Crippen molar-refractivity contribution < 1.29 is 13.9 Å². The second-order valence-electron chi connectivity index (χ2n) is 5.00. The van der Waals surface area contributed by atoms with Crippen LogP contribution in [-0.2, 0) is 6.54 Å². The van der Waals surface area contributed by atoms with Crippen molar-refractivity contribution in [2.45, 2.75) is 13.5 Å². The van der Waals surface area contributed by atoms with Gasteiger partial charge < -0.3 is 19.5 Å². The highest BCUT2D eigenvalue weighted by molar-refractivity contribution is 5.99. The number of aromatic amines is 1. The van der Waals surface area contributed by atoms with Gasteiger partial charge >= 0.3 is 0 Å². The molecule has 1 amide bonds. The zero-order valence-corrected chi connectivity index (χ0v) is 12.7. The average Bonchev–Trinajstić information content (AvgIpc) is 2.89. The SMILES string of the molecule is COc1ccc2c(C)c(C(=O)NCc3cc(=O)[nH]cn3)oc2c1. The van der Waals surface area contributed by atoms with E-state index in [9.17, 15) is 9.59 Å². The van der Waals surface area contributed by atoms with Crippen LogP contribution in [0.4, 0.5) is 0 Å². The summed E-state index contributed by atoms with van der Waals surface area (Å²) in [5, 5.41) is 3.55. The second-order valence-corrected chi connectivity index (χ2v) is 5.00. The van der Waals surface area contributed by atoms with E-state index in [1.165, 1.54) is 12.4 Å². The Bertz CT molecular complexity index is 926. The molecule has 0 saturated heterocycles. The monoisotopic (exact) mass is 313 g/mol. The van der Waals surface area contributed by atoms with Crippen molar-refractivity contribution in [1.29, 1.82) is 0 Å². The van der Waals surface area contributed by atoms with Crippen molar-refractivity contribution >= 4 is 16.9 Å². The van der Waals surface area contributed by atoms with Gasteiger partial charge in [0.2, 0.25) is 0 Å². The molecule has 0 aliphatic carbocycles. The molecule has 0 atom stereocenters. The molecule has 7 heteroatoms. The maximum absolute atomic E-state index is 12.3. The molecule has 0 aliphatic rings. The fraction of sp³-hybridized carbons (Fsp3) is 0.188. The molecular formula is C16H15N3O4. The van der Waals surface area contributed by atoms with Gasteiger partial charge in [0.1, 0.15) is 11.3 Å². The van der Waals surface area contributed by atoms with Gasteiger partial charge in [0.05, 0.1) is 25.7 Å². The molecule has 118 valence electrons. The minimum Gasteiger partial charge on any atom is -0.497 e. The van der Waals surface area contributed by atoms with E-state index < -0.39 is 0 Å². The number of aryl methyl sites for hydroxylation is 1. The van der Waals surface area contributed by atoms with Crippen LogP contribution >= 0.6 is 0 Å². The molecule has 0 saturated carbocycles. The normalized spacial score (nSPS) is 10.7. The number of furan rings is 1. The van der Waals surface area contributed by atoms with E-state index in [1.54, 1.807) is 13.2 Å². The number of H-pyrrole nitrogens is 1. The number of hydrogen-bond acceptors (Lipinski definition) is 5. The second kappa shape index (κ2) is 5.96. The van der Waals surface area contributed by atoms with E-state index in [1.807, 2.05) is 19.1 Å². The Morgan fingerprint density at radius 1 is 1.39 bits per heavy atom. The molecule has 0 spiro atoms. The van der Waals surface area contributed by atoms with Gasteiger partial charge in [0, 0.05) is 23.1 Å². The van der Waals surface area contributed by atoms with Crippen molar-refractivity contribution in [2.24, 2.45) is 0 Å². The summed E-state index contributed by atoms with van der Waals surface area (Å²) in [6, 6.07) is 6.73. The van der Waals surface area contributed by atoms with Crippen molar-refractivity contribution in [2.75, 3.05) is 7.11 Å². The third-order valence-electron chi connectivity index (χ3n) is 3.52. The van der Waals surface area contributed by atoms with Gasteiger partial charge in [-0.1, -0.05) is 0 Å². The van der Waals surface area contributed by atoms with Crippen molar-refractivity contribution in [1.82, 2.24) is 15.3 Å². The molecule has 2 aromatic heterocycles. The van der Waals surface area contributed by atoms with Gasteiger partial charge in [0.15, 0.2) is 5.76 Å². The lowest BCUT2D eigenvalue weighted by atomic mass is 10.1. The summed E-state index contributed by atoms with van der Waals surface area (Å²) in [4.78, 5) is 29.9. The molecule has 1 aromatic carbocycles. The molecule has 0 unspecified atom stereocenters. The summed E-state index contributed by atoms with van der Waals surface area (Å²) in [6.07, 6.45) is 1.29. The first-order chi connectivity index (χ1) is 11.1. The zero-order chi connectivity index (χ0) is 16.4. The summed E-state index contributed by atoms with van der Waals surface area (Å²) in [7, 11) is 1.57. The molecule has 2 N–H and O–H groups in total. The third kappa shape index (κ3) is 2.94. The first-order valence-corrected chi connectivity index (χ1v) is 6.97.